The van der Waals surface area contributed by atoms with Crippen LogP contribution in [0.15, 0.2) is 36.4 Å². The molecule has 0 aromatic heterocycles. The smallest absolute Gasteiger partial charge is 0.396 e. The number of hydrogen-bond acceptors (Lipinski definition) is 2. The van der Waals surface area contributed by atoms with Crippen LogP contribution in [0.4, 0.5) is 26.3 Å². The van der Waals surface area contributed by atoms with Gasteiger partial charge in [0.1, 0.15) is 0 Å². The molecule has 1 N–H and O–H groups in total. The number of alkyl halides is 6. The topological polar surface area (TPSA) is 29.5 Å². The van der Waals surface area contributed by atoms with Crippen molar-refractivity contribution in [2.24, 2.45) is 0 Å². The van der Waals surface area contributed by atoms with Gasteiger partial charge in [-0.2, -0.15) is 26.3 Å². The predicted molar refractivity (Wildman–Crippen MR) is 97.0 cm³/mol. The molecule has 0 spiro atoms. The highest BCUT2D eigenvalue weighted by Crippen LogP contribution is 2.36. The van der Waals surface area contributed by atoms with Gasteiger partial charge in [0.25, 0.3) is 0 Å². The average molecular weight is 461 g/mol. The molecule has 2 nitrogen and oxygen atoms in total. The molecule has 0 radical (unpaired) electrons. The van der Waals surface area contributed by atoms with Crippen LogP contribution < -0.4 is 0 Å². The molecule has 0 saturated heterocycles. The summed E-state index contributed by atoms with van der Waals surface area (Å²) < 4.78 is 82.9. The van der Waals surface area contributed by atoms with Gasteiger partial charge in [-0.15, -0.1) is 0 Å². The minimum atomic E-state index is -4.92. The van der Waals surface area contributed by atoms with Gasteiger partial charge in [-0.3, -0.25) is 0 Å². The molecule has 2 aromatic rings. The maximum absolute atomic E-state index is 12.9. The van der Waals surface area contributed by atoms with Gasteiger partial charge in [-0.1, -0.05) is 29.3 Å². The molecule has 2 aromatic carbocycles. The predicted octanol–water partition coefficient (Wildman–Crippen LogP) is 6.71. The van der Waals surface area contributed by atoms with Crippen molar-refractivity contribution in [1.82, 2.24) is 0 Å². The van der Waals surface area contributed by atoms with Crippen LogP contribution in [-0.4, -0.2) is 18.3 Å². The Labute approximate surface area is 173 Å². The lowest BCUT2D eigenvalue weighted by Gasteiger charge is -2.18. The Bertz CT molecular complexity index is 804. The summed E-state index contributed by atoms with van der Waals surface area (Å²) in [5.74, 6) is -0.373. The average Bonchev–Trinajstić information content (AvgIpc) is 2.61. The van der Waals surface area contributed by atoms with E-state index in [1.807, 2.05) is 0 Å². The fourth-order valence-electron chi connectivity index (χ4n) is 2.69. The molecule has 10 heteroatoms. The molecule has 0 aliphatic heterocycles. The van der Waals surface area contributed by atoms with Crippen molar-refractivity contribution in [3.63, 3.8) is 0 Å². The Morgan fingerprint density at radius 1 is 0.862 bits per heavy atom. The van der Waals surface area contributed by atoms with E-state index < -0.39 is 30.1 Å². The number of ether oxygens (including phenoxy) is 1. The molecule has 1 atom stereocenters. The highest BCUT2D eigenvalue weighted by molar-refractivity contribution is 6.42. The lowest BCUT2D eigenvalue weighted by Crippen LogP contribution is -2.13. The number of aliphatic hydroxyl groups excluding tert-OH is 1. The largest absolute Gasteiger partial charge is 0.416 e. The van der Waals surface area contributed by atoms with Gasteiger partial charge in [-0.05, 0) is 47.9 Å². The van der Waals surface area contributed by atoms with Crippen LogP contribution in [0.25, 0.3) is 0 Å². The van der Waals surface area contributed by atoms with E-state index in [1.54, 1.807) is 18.2 Å². The fourth-order valence-corrected chi connectivity index (χ4v) is 3.00. The molecule has 0 unspecified atom stereocenters. The Hall–Kier alpha value is -1.48. The summed E-state index contributed by atoms with van der Waals surface area (Å²) in [7, 11) is 0. The van der Waals surface area contributed by atoms with Gasteiger partial charge in [0.05, 0.1) is 34.4 Å². The number of halogens is 8. The van der Waals surface area contributed by atoms with Crippen LogP contribution >= 0.6 is 23.2 Å². The summed E-state index contributed by atoms with van der Waals surface area (Å²) in [6.07, 6.45) is -9.58. The van der Waals surface area contributed by atoms with E-state index >= 15 is 0 Å². The van der Waals surface area contributed by atoms with Crippen molar-refractivity contribution in [3.05, 3.63) is 68.7 Å². The van der Waals surface area contributed by atoms with Crippen LogP contribution in [0.3, 0.4) is 0 Å². The summed E-state index contributed by atoms with van der Waals surface area (Å²) >= 11 is 11.8. The summed E-state index contributed by atoms with van der Waals surface area (Å²) in [6.45, 7) is -0.706. The van der Waals surface area contributed by atoms with Crippen LogP contribution in [0.5, 0.6) is 0 Å². The van der Waals surface area contributed by atoms with E-state index in [1.165, 1.54) is 0 Å². The molecular weight excluding hydrogens is 445 g/mol. The van der Waals surface area contributed by atoms with Gasteiger partial charge in [0.15, 0.2) is 0 Å². The molecule has 0 fully saturated rings. The number of benzene rings is 2. The van der Waals surface area contributed by atoms with E-state index in [4.69, 9.17) is 27.9 Å². The van der Waals surface area contributed by atoms with E-state index in [2.05, 4.69) is 0 Å². The van der Waals surface area contributed by atoms with Gasteiger partial charge >= 0.3 is 12.4 Å². The van der Waals surface area contributed by atoms with E-state index in [-0.39, 0.29) is 42.2 Å². The molecular formula is C19H16Cl2F6O2. The van der Waals surface area contributed by atoms with E-state index in [0.717, 1.165) is 0 Å². The molecule has 29 heavy (non-hydrogen) atoms. The Kier molecular flexibility index (Phi) is 7.84. The summed E-state index contributed by atoms with van der Waals surface area (Å²) in [6, 6.07) is 6.08. The third-order valence-corrected chi connectivity index (χ3v) is 4.87. The van der Waals surface area contributed by atoms with Crippen LogP contribution in [0.2, 0.25) is 10.0 Å². The first kappa shape index (κ1) is 23.8. The molecule has 0 aliphatic carbocycles. The molecule has 0 bridgehead atoms. The van der Waals surface area contributed by atoms with Gasteiger partial charge in [-0.25, -0.2) is 0 Å². The van der Waals surface area contributed by atoms with Crippen LogP contribution in [0, 0.1) is 0 Å². The Morgan fingerprint density at radius 3 is 1.93 bits per heavy atom. The standard InChI is InChI=1S/C19H16Cl2F6O2/c20-16-2-1-12(7-17(16)21)13(3-4-28)10-29-9-11-5-14(18(22,23)24)8-15(6-11)19(25,26)27/h1-2,5-8,13,28H,3-4,9-10H2/t13-/m1/s1. The number of rotatable bonds is 7. The minimum Gasteiger partial charge on any atom is -0.396 e. The van der Waals surface area contributed by atoms with Crippen molar-refractivity contribution >= 4 is 23.2 Å². The van der Waals surface area contributed by atoms with Crippen molar-refractivity contribution in [2.75, 3.05) is 13.2 Å². The third-order valence-electron chi connectivity index (χ3n) is 4.13. The molecule has 2 rings (SSSR count). The molecule has 0 heterocycles. The van der Waals surface area contributed by atoms with Crippen LogP contribution in [-0.2, 0) is 23.7 Å². The first-order valence-corrected chi connectivity index (χ1v) is 9.09. The molecule has 0 saturated carbocycles. The Balaban J connectivity index is 2.17. The first-order valence-electron chi connectivity index (χ1n) is 8.33. The third kappa shape index (κ3) is 6.77. The molecule has 160 valence electrons. The van der Waals surface area contributed by atoms with Gasteiger partial charge < -0.3 is 9.84 Å². The maximum Gasteiger partial charge on any atom is 0.416 e. The van der Waals surface area contributed by atoms with Crippen molar-refractivity contribution < 1.29 is 36.2 Å². The zero-order valence-electron chi connectivity index (χ0n) is 14.7. The zero-order valence-corrected chi connectivity index (χ0v) is 16.3. The van der Waals surface area contributed by atoms with Gasteiger partial charge in [0, 0.05) is 12.5 Å². The monoisotopic (exact) mass is 460 g/mol. The van der Waals surface area contributed by atoms with Crippen LogP contribution in [0.1, 0.15) is 34.6 Å². The van der Waals surface area contributed by atoms with Crippen molar-refractivity contribution in [1.29, 1.82) is 0 Å². The fraction of sp³-hybridized carbons (Fsp3) is 0.368. The second-order valence-corrected chi connectivity index (χ2v) is 7.13. The summed E-state index contributed by atoms with van der Waals surface area (Å²) in [5.41, 5.74) is -2.39. The van der Waals surface area contributed by atoms with Crippen molar-refractivity contribution in [3.8, 4) is 0 Å². The minimum absolute atomic E-state index is 0.0455. The molecule has 0 aliphatic rings. The van der Waals surface area contributed by atoms with E-state index in [0.29, 0.717) is 22.7 Å². The lowest BCUT2D eigenvalue weighted by atomic mass is 9.97. The summed E-state index contributed by atoms with van der Waals surface area (Å²) in [4.78, 5) is 0. The lowest BCUT2D eigenvalue weighted by molar-refractivity contribution is -0.143. The SMILES string of the molecule is OCC[C@H](COCc1cc(C(F)(F)F)cc(C(F)(F)F)c1)c1ccc(Cl)c(Cl)c1. The normalized spacial score (nSPS) is 13.6. The second kappa shape index (κ2) is 9.55. The quantitative estimate of drug-likeness (QED) is 0.465. The zero-order chi connectivity index (χ0) is 21.8. The Morgan fingerprint density at radius 2 is 1.45 bits per heavy atom. The molecule has 0 amide bonds. The van der Waals surface area contributed by atoms with Crippen molar-refractivity contribution in [2.45, 2.75) is 31.3 Å². The second-order valence-electron chi connectivity index (χ2n) is 6.31. The summed E-state index contributed by atoms with van der Waals surface area (Å²) in [5, 5.41) is 9.83. The first-order chi connectivity index (χ1) is 13.4. The highest BCUT2D eigenvalue weighted by atomic mass is 35.5. The number of hydrogen-bond donors (Lipinski definition) is 1. The number of aliphatic hydroxyl groups is 1. The highest BCUT2D eigenvalue weighted by Gasteiger charge is 2.36. The van der Waals surface area contributed by atoms with Gasteiger partial charge in [0.2, 0.25) is 0 Å². The van der Waals surface area contributed by atoms with E-state index in [9.17, 15) is 31.4 Å². The maximum atomic E-state index is 12.9.